The Morgan fingerprint density at radius 1 is 1.21 bits per heavy atom. The SMILES string of the molecule is Cc1nc(C)c(C(=O)N2CCCC2c2nc(CCOCC3CCCC3)no2)s1. The smallest absolute Gasteiger partial charge is 0.266 e. The molecule has 1 amide bonds. The zero-order chi connectivity index (χ0) is 19.5. The average Bonchev–Trinajstić information content (AvgIpc) is 3.45. The highest BCUT2D eigenvalue weighted by molar-refractivity contribution is 7.13. The van der Waals surface area contributed by atoms with Gasteiger partial charge in [0.1, 0.15) is 10.9 Å². The highest BCUT2D eigenvalue weighted by Crippen LogP contribution is 2.33. The van der Waals surface area contributed by atoms with Crippen LogP contribution in [0.4, 0.5) is 0 Å². The van der Waals surface area contributed by atoms with Crippen LogP contribution in [-0.2, 0) is 11.2 Å². The largest absolute Gasteiger partial charge is 0.381 e. The van der Waals surface area contributed by atoms with Crippen LogP contribution in [0.5, 0.6) is 0 Å². The van der Waals surface area contributed by atoms with Gasteiger partial charge in [-0.1, -0.05) is 18.0 Å². The number of ether oxygens (including phenoxy) is 1. The fourth-order valence-electron chi connectivity index (χ4n) is 4.22. The molecule has 4 rings (SSSR count). The summed E-state index contributed by atoms with van der Waals surface area (Å²) in [7, 11) is 0. The third-order valence-electron chi connectivity index (χ3n) is 5.68. The van der Waals surface area contributed by atoms with Gasteiger partial charge in [0.05, 0.1) is 17.3 Å². The van der Waals surface area contributed by atoms with E-state index < -0.39 is 0 Å². The average molecular weight is 405 g/mol. The summed E-state index contributed by atoms with van der Waals surface area (Å²) in [5, 5.41) is 5.02. The van der Waals surface area contributed by atoms with Crippen molar-refractivity contribution in [1.29, 1.82) is 0 Å². The number of likely N-dealkylation sites (tertiary alicyclic amines) is 1. The molecule has 8 heteroatoms. The third-order valence-corrected chi connectivity index (χ3v) is 6.74. The van der Waals surface area contributed by atoms with Crippen molar-refractivity contribution in [3.63, 3.8) is 0 Å². The Kier molecular flexibility index (Phi) is 6.06. The van der Waals surface area contributed by atoms with Crippen molar-refractivity contribution >= 4 is 17.2 Å². The van der Waals surface area contributed by atoms with E-state index >= 15 is 0 Å². The molecule has 3 heterocycles. The maximum Gasteiger partial charge on any atom is 0.266 e. The van der Waals surface area contributed by atoms with Gasteiger partial charge in [-0.15, -0.1) is 11.3 Å². The van der Waals surface area contributed by atoms with E-state index in [2.05, 4.69) is 15.1 Å². The third kappa shape index (κ3) is 4.27. The topological polar surface area (TPSA) is 81.4 Å². The summed E-state index contributed by atoms with van der Waals surface area (Å²) in [4.78, 5) is 24.5. The molecule has 1 saturated carbocycles. The van der Waals surface area contributed by atoms with Crippen LogP contribution in [0.15, 0.2) is 4.52 Å². The molecule has 0 radical (unpaired) electrons. The normalized spacial score (nSPS) is 20.4. The Hall–Kier alpha value is -1.80. The maximum absolute atomic E-state index is 13.0. The quantitative estimate of drug-likeness (QED) is 0.652. The number of amides is 1. The van der Waals surface area contributed by atoms with Gasteiger partial charge in [0, 0.05) is 19.6 Å². The summed E-state index contributed by atoms with van der Waals surface area (Å²) in [6.07, 6.45) is 7.67. The van der Waals surface area contributed by atoms with E-state index in [0.717, 1.165) is 36.1 Å². The predicted octanol–water partition coefficient (Wildman–Crippen LogP) is 3.87. The van der Waals surface area contributed by atoms with E-state index in [0.29, 0.717) is 36.2 Å². The predicted molar refractivity (Wildman–Crippen MR) is 105 cm³/mol. The van der Waals surface area contributed by atoms with Gasteiger partial charge in [0.15, 0.2) is 5.82 Å². The molecule has 0 bridgehead atoms. The fourth-order valence-corrected chi connectivity index (χ4v) is 5.10. The van der Waals surface area contributed by atoms with Crippen LogP contribution in [0.3, 0.4) is 0 Å². The minimum atomic E-state index is -0.144. The molecule has 2 fully saturated rings. The van der Waals surface area contributed by atoms with Crippen LogP contribution in [-0.4, -0.2) is 45.7 Å². The lowest BCUT2D eigenvalue weighted by molar-refractivity contribution is 0.0714. The van der Waals surface area contributed by atoms with Crippen LogP contribution in [0, 0.1) is 19.8 Å². The fraction of sp³-hybridized carbons (Fsp3) is 0.700. The van der Waals surface area contributed by atoms with E-state index in [-0.39, 0.29) is 11.9 Å². The lowest BCUT2D eigenvalue weighted by Crippen LogP contribution is -2.30. The first-order valence-electron chi connectivity index (χ1n) is 10.3. The summed E-state index contributed by atoms with van der Waals surface area (Å²) in [5.41, 5.74) is 0.795. The van der Waals surface area contributed by atoms with Crippen molar-refractivity contribution < 1.29 is 14.1 Å². The van der Waals surface area contributed by atoms with Crippen molar-refractivity contribution in [1.82, 2.24) is 20.0 Å². The molecule has 1 atom stereocenters. The van der Waals surface area contributed by atoms with Crippen LogP contribution in [0.25, 0.3) is 0 Å². The molecule has 28 heavy (non-hydrogen) atoms. The highest BCUT2D eigenvalue weighted by atomic mass is 32.1. The minimum Gasteiger partial charge on any atom is -0.381 e. The second-order valence-corrected chi connectivity index (χ2v) is 9.03. The molecule has 152 valence electrons. The van der Waals surface area contributed by atoms with Gasteiger partial charge >= 0.3 is 0 Å². The first kappa shape index (κ1) is 19.5. The zero-order valence-electron chi connectivity index (χ0n) is 16.6. The Bertz CT molecular complexity index is 812. The number of aromatic nitrogens is 3. The van der Waals surface area contributed by atoms with E-state index in [4.69, 9.17) is 9.26 Å². The molecule has 1 saturated heterocycles. The van der Waals surface area contributed by atoms with Crippen molar-refractivity contribution in [2.24, 2.45) is 5.92 Å². The van der Waals surface area contributed by atoms with Gasteiger partial charge in [0.2, 0.25) is 5.89 Å². The van der Waals surface area contributed by atoms with Crippen molar-refractivity contribution in [2.45, 2.75) is 64.8 Å². The zero-order valence-corrected chi connectivity index (χ0v) is 17.5. The van der Waals surface area contributed by atoms with Crippen LogP contribution in [0.2, 0.25) is 0 Å². The van der Waals surface area contributed by atoms with Crippen LogP contribution < -0.4 is 0 Å². The van der Waals surface area contributed by atoms with Gasteiger partial charge in [-0.25, -0.2) is 4.98 Å². The molecule has 0 aromatic carbocycles. The number of carbonyl (C=O) groups excluding carboxylic acids is 1. The van der Waals surface area contributed by atoms with Crippen molar-refractivity contribution in [2.75, 3.05) is 19.8 Å². The molecule has 2 aromatic heterocycles. The van der Waals surface area contributed by atoms with E-state index in [1.807, 2.05) is 18.7 Å². The highest BCUT2D eigenvalue weighted by Gasteiger charge is 2.35. The molecule has 2 aliphatic rings. The monoisotopic (exact) mass is 404 g/mol. The number of hydrogen-bond donors (Lipinski definition) is 0. The van der Waals surface area contributed by atoms with Crippen LogP contribution in [0.1, 0.15) is 76.7 Å². The maximum atomic E-state index is 13.0. The number of aryl methyl sites for hydroxylation is 2. The standard InChI is InChI=1S/C20H28N4O3S/c1-13-18(28-14(2)21-13)20(25)24-10-5-8-16(24)19-22-17(23-27-19)9-11-26-12-15-6-3-4-7-15/h15-16H,3-12H2,1-2H3. The molecular formula is C20H28N4O3S. The minimum absolute atomic E-state index is 0.0187. The Morgan fingerprint density at radius 2 is 2.04 bits per heavy atom. The molecule has 7 nitrogen and oxygen atoms in total. The Balaban J connectivity index is 1.34. The van der Waals surface area contributed by atoms with Crippen LogP contribution >= 0.6 is 11.3 Å². The first-order chi connectivity index (χ1) is 13.6. The van der Waals surface area contributed by atoms with Gasteiger partial charge in [-0.05, 0) is 45.4 Å². The Labute approximate surface area is 169 Å². The summed E-state index contributed by atoms with van der Waals surface area (Å²) >= 11 is 1.45. The molecule has 0 spiro atoms. The van der Waals surface area contributed by atoms with Gasteiger partial charge in [-0.2, -0.15) is 4.98 Å². The molecular weight excluding hydrogens is 376 g/mol. The molecule has 1 unspecified atom stereocenters. The molecule has 0 N–H and O–H groups in total. The second-order valence-electron chi connectivity index (χ2n) is 7.83. The van der Waals surface area contributed by atoms with Gasteiger partial charge in [-0.3, -0.25) is 4.79 Å². The summed E-state index contributed by atoms with van der Waals surface area (Å²) in [5.74, 6) is 1.93. The number of nitrogens with zero attached hydrogens (tertiary/aromatic N) is 4. The number of hydrogen-bond acceptors (Lipinski definition) is 7. The van der Waals surface area contributed by atoms with E-state index in [1.54, 1.807) is 0 Å². The summed E-state index contributed by atoms with van der Waals surface area (Å²) in [6.45, 7) is 5.97. The van der Waals surface area contributed by atoms with E-state index in [1.165, 1.54) is 37.0 Å². The van der Waals surface area contributed by atoms with Crippen molar-refractivity contribution in [3.8, 4) is 0 Å². The summed E-state index contributed by atoms with van der Waals surface area (Å²) < 4.78 is 11.3. The lowest BCUT2D eigenvalue weighted by atomic mass is 10.1. The summed E-state index contributed by atoms with van der Waals surface area (Å²) in [6, 6.07) is -0.144. The van der Waals surface area contributed by atoms with E-state index in [9.17, 15) is 4.79 Å². The van der Waals surface area contributed by atoms with Crippen molar-refractivity contribution in [3.05, 3.63) is 27.3 Å². The number of thiazole rings is 1. The molecule has 2 aromatic rings. The first-order valence-corrected chi connectivity index (χ1v) is 11.1. The second kappa shape index (κ2) is 8.69. The van der Waals surface area contributed by atoms with Gasteiger partial charge in [0.25, 0.3) is 5.91 Å². The lowest BCUT2D eigenvalue weighted by Gasteiger charge is -2.21. The molecule has 1 aliphatic carbocycles. The molecule has 1 aliphatic heterocycles. The Morgan fingerprint density at radius 3 is 2.79 bits per heavy atom. The van der Waals surface area contributed by atoms with Gasteiger partial charge < -0.3 is 14.2 Å². The number of rotatable bonds is 7. The number of carbonyl (C=O) groups is 1.